The molecule has 0 bridgehead atoms. The fraction of sp³-hybridized carbons (Fsp3) is 0.353. The van der Waals surface area contributed by atoms with Crippen LogP contribution in [0.5, 0.6) is 0 Å². The van der Waals surface area contributed by atoms with E-state index in [1.165, 1.54) is 6.20 Å². The molecule has 1 aromatic carbocycles. The number of aromatic nitrogens is 1. The van der Waals surface area contributed by atoms with E-state index in [0.29, 0.717) is 24.3 Å². The molecule has 1 N–H and O–H groups in total. The molecule has 6 nitrogen and oxygen atoms in total. The van der Waals surface area contributed by atoms with Gasteiger partial charge in [0.15, 0.2) is 0 Å². The number of hydrogen-bond donors (Lipinski definition) is 1. The van der Waals surface area contributed by atoms with Crippen LogP contribution >= 0.6 is 0 Å². The van der Waals surface area contributed by atoms with Gasteiger partial charge in [-0.25, -0.2) is 9.18 Å². The van der Waals surface area contributed by atoms with Crippen LogP contribution in [0.15, 0.2) is 23.1 Å². The second kappa shape index (κ2) is 5.06. The van der Waals surface area contributed by atoms with Gasteiger partial charge in [-0.2, -0.15) is 5.26 Å². The van der Waals surface area contributed by atoms with Crippen LogP contribution in [0.3, 0.4) is 0 Å². The molecule has 2 fully saturated rings. The first-order valence-corrected chi connectivity index (χ1v) is 7.76. The summed E-state index contributed by atoms with van der Waals surface area (Å²) in [7, 11) is 0. The molecular formula is C17H14FN3O3. The predicted octanol–water partition coefficient (Wildman–Crippen LogP) is 2.13. The number of rotatable bonds is 3. The minimum absolute atomic E-state index is 0.0837. The molecule has 122 valence electrons. The smallest absolute Gasteiger partial charge is 0.341 e. The van der Waals surface area contributed by atoms with Gasteiger partial charge in [0.2, 0.25) is 5.43 Å². The van der Waals surface area contributed by atoms with Crippen molar-refractivity contribution in [3.63, 3.8) is 0 Å². The molecule has 24 heavy (non-hydrogen) atoms. The van der Waals surface area contributed by atoms with Crippen molar-refractivity contribution in [3.05, 3.63) is 39.9 Å². The van der Waals surface area contributed by atoms with E-state index in [4.69, 9.17) is 5.26 Å². The van der Waals surface area contributed by atoms with Crippen LogP contribution < -0.4 is 10.3 Å². The number of carboxylic acid groups (broad SMARTS) is 1. The number of nitriles is 1. The summed E-state index contributed by atoms with van der Waals surface area (Å²) in [5.41, 5.74) is -0.108. The summed E-state index contributed by atoms with van der Waals surface area (Å²) in [6.07, 6.45) is 3.18. The number of aromatic carboxylic acids is 1. The van der Waals surface area contributed by atoms with E-state index in [2.05, 4.69) is 6.07 Å². The van der Waals surface area contributed by atoms with E-state index in [9.17, 15) is 19.1 Å². The van der Waals surface area contributed by atoms with E-state index in [1.807, 2.05) is 0 Å². The zero-order chi connectivity index (χ0) is 17.0. The molecule has 0 radical (unpaired) electrons. The van der Waals surface area contributed by atoms with E-state index >= 15 is 0 Å². The maximum absolute atomic E-state index is 14.5. The summed E-state index contributed by atoms with van der Waals surface area (Å²) in [6.45, 7) is 0.916. The Balaban J connectivity index is 1.91. The first kappa shape index (κ1) is 14.7. The van der Waals surface area contributed by atoms with Crippen molar-refractivity contribution in [1.82, 2.24) is 4.57 Å². The van der Waals surface area contributed by atoms with Gasteiger partial charge < -0.3 is 14.6 Å². The van der Waals surface area contributed by atoms with E-state index in [0.717, 1.165) is 18.9 Å². The molecule has 1 saturated heterocycles. The fourth-order valence-corrected chi connectivity index (χ4v) is 3.17. The Labute approximate surface area is 136 Å². The van der Waals surface area contributed by atoms with Crippen LogP contribution in [0.25, 0.3) is 10.9 Å². The Kier molecular flexibility index (Phi) is 3.10. The van der Waals surface area contributed by atoms with Gasteiger partial charge in [-0.05, 0) is 25.0 Å². The summed E-state index contributed by atoms with van der Waals surface area (Å²) in [5.74, 6) is -1.98. The zero-order valence-corrected chi connectivity index (χ0v) is 12.7. The zero-order valence-electron chi connectivity index (χ0n) is 12.7. The van der Waals surface area contributed by atoms with Gasteiger partial charge in [0.25, 0.3) is 0 Å². The number of anilines is 1. The normalized spacial score (nSPS) is 17.6. The van der Waals surface area contributed by atoms with Crippen molar-refractivity contribution >= 4 is 22.6 Å². The van der Waals surface area contributed by atoms with Crippen LogP contribution in [0, 0.1) is 23.1 Å². The van der Waals surface area contributed by atoms with E-state index in [-0.39, 0.29) is 22.9 Å². The van der Waals surface area contributed by atoms with Gasteiger partial charge in [-0.3, -0.25) is 4.79 Å². The molecule has 2 heterocycles. The standard InChI is InChI=1S/C17H14FN3O3/c18-13-3-11-14(4-15(13)20-6-9(5-19)7-20)21(10-1-2-10)8-12(16(11)22)17(23)24/h3-4,8-10H,1-2,6-7H2,(H,23,24). The lowest BCUT2D eigenvalue weighted by atomic mass is 10.00. The largest absolute Gasteiger partial charge is 0.477 e. The van der Waals surface area contributed by atoms with Crippen LogP contribution in [0.1, 0.15) is 29.2 Å². The Morgan fingerprint density at radius 3 is 2.62 bits per heavy atom. The number of hydrogen-bond acceptors (Lipinski definition) is 4. The van der Waals surface area contributed by atoms with Gasteiger partial charge >= 0.3 is 5.97 Å². The molecule has 0 spiro atoms. The number of fused-ring (bicyclic) bond motifs is 1. The topological polar surface area (TPSA) is 86.3 Å². The quantitative estimate of drug-likeness (QED) is 0.933. The van der Waals surface area contributed by atoms with Crippen molar-refractivity contribution in [2.75, 3.05) is 18.0 Å². The summed E-state index contributed by atoms with van der Waals surface area (Å²) in [5, 5.41) is 18.2. The second-order valence-electron chi connectivity index (χ2n) is 6.37. The summed E-state index contributed by atoms with van der Waals surface area (Å²) >= 11 is 0. The first-order chi connectivity index (χ1) is 11.5. The van der Waals surface area contributed by atoms with Crippen molar-refractivity contribution in [2.24, 2.45) is 5.92 Å². The van der Waals surface area contributed by atoms with Crippen molar-refractivity contribution in [2.45, 2.75) is 18.9 Å². The number of nitrogens with zero attached hydrogens (tertiary/aromatic N) is 3. The highest BCUT2D eigenvalue weighted by Crippen LogP contribution is 2.38. The number of pyridine rings is 1. The molecule has 1 aliphatic heterocycles. The molecule has 2 aliphatic rings. The minimum atomic E-state index is -1.31. The van der Waals surface area contributed by atoms with Crippen molar-refractivity contribution in [1.29, 1.82) is 5.26 Å². The van der Waals surface area contributed by atoms with Crippen LogP contribution in [0.2, 0.25) is 0 Å². The molecule has 1 aromatic heterocycles. The maximum Gasteiger partial charge on any atom is 0.341 e. The molecule has 0 atom stereocenters. The second-order valence-corrected chi connectivity index (χ2v) is 6.37. The highest BCUT2D eigenvalue weighted by atomic mass is 19.1. The van der Waals surface area contributed by atoms with Gasteiger partial charge in [0, 0.05) is 30.7 Å². The Morgan fingerprint density at radius 2 is 2.04 bits per heavy atom. The average Bonchev–Trinajstić information content (AvgIpc) is 3.32. The molecule has 0 unspecified atom stereocenters. The van der Waals surface area contributed by atoms with E-state index in [1.54, 1.807) is 15.5 Å². The Hall–Kier alpha value is -2.88. The number of carboxylic acids is 1. The summed E-state index contributed by atoms with van der Waals surface area (Å²) < 4.78 is 16.2. The highest BCUT2D eigenvalue weighted by Gasteiger charge is 2.31. The lowest BCUT2D eigenvalue weighted by Gasteiger charge is -2.37. The molecule has 7 heteroatoms. The monoisotopic (exact) mass is 327 g/mol. The minimum Gasteiger partial charge on any atom is -0.477 e. The van der Waals surface area contributed by atoms with Gasteiger partial charge in [-0.1, -0.05) is 0 Å². The fourth-order valence-electron chi connectivity index (χ4n) is 3.17. The van der Waals surface area contributed by atoms with Crippen LogP contribution in [-0.4, -0.2) is 28.7 Å². The predicted molar refractivity (Wildman–Crippen MR) is 84.7 cm³/mol. The average molecular weight is 327 g/mol. The van der Waals surface area contributed by atoms with Gasteiger partial charge in [0.1, 0.15) is 11.4 Å². The Bertz CT molecular complexity index is 966. The lowest BCUT2D eigenvalue weighted by molar-refractivity contribution is 0.0695. The van der Waals surface area contributed by atoms with E-state index < -0.39 is 17.2 Å². The van der Waals surface area contributed by atoms with Crippen LogP contribution in [-0.2, 0) is 0 Å². The van der Waals surface area contributed by atoms with Crippen molar-refractivity contribution in [3.8, 4) is 6.07 Å². The molecule has 1 aliphatic carbocycles. The third-order valence-corrected chi connectivity index (χ3v) is 4.68. The number of halogens is 1. The Morgan fingerprint density at radius 1 is 1.33 bits per heavy atom. The number of benzene rings is 1. The van der Waals surface area contributed by atoms with Crippen LogP contribution in [0.4, 0.5) is 10.1 Å². The molecule has 4 rings (SSSR count). The first-order valence-electron chi connectivity index (χ1n) is 7.76. The van der Waals surface area contributed by atoms with Gasteiger partial charge in [0.05, 0.1) is 23.2 Å². The van der Waals surface area contributed by atoms with Crippen molar-refractivity contribution < 1.29 is 14.3 Å². The van der Waals surface area contributed by atoms with Gasteiger partial charge in [-0.15, -0.1) is 0 Å². The molecular weight excluding hydrogens is 313 g/mol. The highest BCUT2D eigenvalue weighted by molar-refractivity contribution is 5.93. The lowest BCUT2D eigenvalue weighted by Crippen LogP contribution is -2.46. The molecule has 2 aromatic rings. The number of carbonyl (C=O) groups is 1. The molecule has 0 amide bonds. The SMILES string of the molecule is N#CC1CN(c2cc3c(cc2F)c(=O)c(C(=O)O)cn3C2CC2)C1. The molecule has 1 saturated carbocycles. The summed E-state index contributed by atoms with van der Waals surface area (Å²) in [6, 6.07) is 5.01. The third kappa shape index (κ3) is 2.14. The summed E-state index contributed by atoms with van der Waals surface area (Å²) in [4.78, 5) is 25.4. The third-order valence-electron chi connectivity index (χ3n) is 4.68. The maximum atomic E-state index is 14.5.